The van der Waals surface area contributed by atoms with E-state index in [2.05, 4.69) is 26.5 Å². The first-order valence-electron chi connectivity index (χ1n) is 10.2. The number of ether oxygens (including phenoxy) is 3. The summed E-state index contributed by atoms with van der Waals surface area (Å²) >= 11 is 0. The molecule has 0 atom stereocenters. The summed E-state index contributed by atoms with van der Waals surface area (Å²) in [6, 6.07) is 12.7. The summed E-state index contributed by atoms with van der Waals surface area (Å²) in [5, 5.41) is 0. The van der Waals surface area contributed by atoms with Crippen LogP contribution in [-0.4, -0.2) is 42.2 Å². The minimum atomic E-state index is -0.487. The summed E-state index contributed by atoms with van der Waals surface area (Å²) in [4.78, 5) is 26.7. The Morgan fingerprint density at radius 1 is 1.09 bits per heavy atom. The van der Waals surface area contributed by atoms with Crippen LogP contribution < -0.4 is 30.9 Å². The van der Waals surface area contributed by atoms with E-state index in [1.165, 1.54) is 0 Å². The van der Waals surface area contributed by atoms with Crippen LogP contribution in [0.2, 0.25) is 0 Å². The van der Waals surface area contributed by atoms with Crippen LogP contribution >= 0.6 is 0 Å². The van der Waals surface area contributed by atoms with Gasteiger partial charge in [-0.15, -0.1) is 5.53 Å². The summed E-state index contributed by atoms with van der Waals surface area (Å²) in [5.74, 6) is 1.89. The molecule has 0 amide bonds. The number of esters is 1. The third-order valence-corrected chi connectivity index (χ3v) is 4.88. The monoisotopic (exact) mass is 452 g/mol. The molecule has 1 aliphatic heterocycles. The molecule has 0 fully saturated rings. The van der Waals surface area contributed by atoms with Crippen LogP contribution in [-0.2, 0) is 11.3 Å². The van der Waals surface area contributed by atoms with Crippen LogP contribution in [0.5, 0.6) is 17.2 Å². The van der Waals surface area contributed by atoms with E-state index in [4.69, 9.17) is 19.0 Å². The van der Waals surface area contributed by atoms with Gasteiger partial charge in [0.25, 0.3) is 0 Å². The maximum atomic E-state index is 12.3. The van der Waals surface area contributed by atoms with Crippen molar-refractivity contribution in [3.05, 3.63) is 65.7 Å². The number of carbonyl (C=O) groups excluding carboxylic acids is 1. The van der Waals surface area contributed by atoms with Crippen molar-refractivity contribution in [3.8, 4) is 22.9 Å². The molecule has 172 valence electrons. The number of nitrogens with one attached hydrogen (secondary N) is 3. The van der Waals surface area contributed by atoms with Crippen LogP contribution in [0.1, 0.15) is 28.7 Å². The Hall–Kier alpha value is -4.09. The summed E-state index contributed by atoms with van der Waals surface area (Å²) in [6.07, 6.45) is 1.59. The number of hydrazine groups is 2. The van der Waals surface area contributed by atoms with Crippen LogP contribution in [0.4, 0.5) is 0 Å². The lowest BCUT2D eigenvalue weighted by atomic mass is 10.1. The van der Waals surface area contributed by atoms with E-state index in [9.17, 15) is 4.79 Å². The molecule has 1 aromatic heterocycles. The number of fused-ring (bicyclic) bond motifs is 3. The molecule has 0 spiro atoms. The molecule has 2 aromatic carbocycles. The second-order valence-electron chi connectivity index (χ2n) is 6.81. The van der Waals surface area contributed by atoms with Gasteiger partial charge in [0.05, 0.1) is 38.8 Å². The number of hydrogen-bond donors (Lipinski definition) is 3. The normalized spacial score (nSPS) is 12.0. The maximum Gasteiger partial charge on any atom is 0.358 e. The number of carbonyl (C=O) groups is 1. The third kappa shape index (κ3) is 4.73. The van der Waals surface area contributed by atoms with Gasteiger partial charge in [-0.2, -0.15) is 0 Å². The van der Waals surface area contributed by atoms with E-state index in [1.807, 2.05) is 34.9 Å². The lowest BCUT2D eigenvalue weighted by Gasteiger charge is -2.15. The molecular weight excluding hydrogens is 428 g/mol. The van der Waals surface area contributed by atoms with Gasteiger partial charge >= 0.3 is 5.97 Å². The zero-order valence-electron chi connectivity index (χ0n) is 18.4. The van der Waals surface area contributed by atoms with Crippen LogP contribution in [0.3, 0.4) is 0 Å². The first-order valence-corrected chi connectivity index (χ1v) is 10.2. The van der Waals surface area contributed by atoms with Gasteiger partial charge in [0, 0.05) is 11.6 Å². The summed E-state index contributed by atoms with van der Waals surface area (Å²) < 4.78 is 17.5. The molecule has 11 heteroatoms. The number of amidine groups is 1. The largest absolute Gasteiger partial charge is 0.497 e. The van der Waals surface area contributed by atoms with Gasteiger partial charge < -0.3 is 19.0 Å². The van der Waals surface area contributed by atoms with E-state index in [-0.39, 0.29) is 18.8 Å². The van der Waals surface area contributed by atoms with Crippen molar-refractivity contribution in [2.45, 2.75) is 13.5 Å². The van der Waals surface area contributed by atoms with Crippen molar-refractivity contribution >= 4 is 11.8 Å². The molecule has 0 saturated carbocycles. The van der Waals surface area contributed by atoms with Gasteiger partial charge in [0.15, 0.2) is 11.4 Å². The van der Waals surface area contributed by atoms with Crippen LogP contribution in [0.15, 0.2) is 53.8 Å². The zero-order chi connectivity index (χ0) is 23.2. The van der Waals surface area contributed by atoms with Gasteiger partial charge in [-0.3, -0.25) is 15.0 Å². The van der Waals surface area contributed by atoms with E-state index in [0.717, 1.165) is 11.3 Å². The van der Waals surface area contributed by atoms with E-state index in [0.29, 0.717) is 28.8 Å². The Bertz CT molecular complexity index is 1180. The fourth-order valence-electron chi connectivity index (χ4n) is 3.32. The van der Waals surface area contributed by atoms with Crippen molar-refractivity contribution in [2.75, 3.05) is 20.8 Å². The molecule has 0 aliphatic carbocycles. The standard InChI is InChI=1S/C22H24N6O5/c1-4-32-22(29)20-19-12-23-21(25-26-27-33-16-7-5-6-14(10-16)30-2)17-11-15(31-3)8-9-18(17)28(19)13-24-20/h5-11,13,26-27H,4,12H2,1-3H3,(H,23,25). The summed E-state index contributed by atoms with van der Waals surface area (Å²) in [7, 11) is 3.17. The van der Waals surface area contributed by atoms with Crippen molar-refractivity contribution in [2.24, 2.45) is 4.99 Å². The smallest absolute Gasteiger partial charge is 0.358 e. The van der Waals surface area contributed by atoms with Gasteiger partial charge in [-0.1, -0.05) is 11.7 Å². The van der Waals surface area contributed by atoms with Gasteiger partial charge in [-0.25, -0.2) is 9.78 Å². The van der Waals surface area contributed by atoms with Crippen molar-refractivity contribution in [1.82, 2.24) is 26.1 Å². The average molecular weight is 452 g/mol. The molecule has 11 nitrogen and oxygen atoms in total. The number of rotatable bonds is 8. The highest BCUT2D eigenvalue weighted by atomic mass is 16.7. The Morgan fingerprint density at radius 2 is 1.88 bits per heavy atom. The van der Waals surface area contributed by atoms with Crippen LogP contribution in [0.25, 0.3) is 5.69 Å². The predicted molar refractivity (Wildman–Crippen MR) is 119 cm³/mol. The number of benzene rings is 2. The highest BCUT2D eigenvalue weighted by Crippen LogP contribution is 2.27. The van der Waals surface area contributed by atoms with Crippen LogP contribution in [0, 0.1) is 0 Å². The molecule has 0 unspecified atom stereocenters. The Labute approximate surface area is 190 Å². The molecule has 3 aromatic rings. The lowest BCUT2D eigenvalue weighted by molar-refractivity contribution is 0.0518. The average Bonchev–Trinajstić information content (AvgIpc) is 3.21. The van der Waals surface area contributed by atoms with Gasteiger partial charge in [0.2, 0.25) is 0 Å². The fourth-order valence-corrected chi connectivity index (χ4v) is 3.32. The zero-order valence-corrected chi connectivity index (χ0v) is 18.4. The Morgan fingerprint density at radius 3 is 2.67 bits per heavy atom. The molecule has 4 rings (SSSR count). The minimum absolute atomic E-state index is 0.200. The van der Waals surface area contributed by atoms with Gasteiger partial charge in [-0.05, 0) is 37.3 Å². The number of hydrogen-bond acceptors (Lipinski definition) is 10. The molecule has 0 radical (unpaired) electrons. The Balaban J connectivity index is 1.55. The van der Waals surface area contributed by atoms with E-state index >= 15 is 0 Å². The maximum absolute atomic E-state index is 12.3. The summed E-state index contributed by atoms with van der Waals surface area (Å²) in [6.45, 7) is 2.21. The first kappa shape index (κ1) is 22.1. The molecule has 2 heterocycles. The molecule has 33 heavy (non-hydrogen) atoms. The SMILES string of the molecule is CCOC(=O)c1ncn2c1CN=C(NNNOc1cccc(OC)c1)c1cc(OC)ccc1-2. The van der Waals surface area contributed by atoms with Gasteiger partial charge in [0.1, 0.15) is 23.7 Å². The fraction of sp³-hybridized carbons (Fsp3) is 0.227. The number of imidazole rings is 1. The Kier molecular flexibility index (Phi) is 6.72. The highest BCUT2D eigenvalue weighted by molar-refractivity contribution is 6.02. The number of aromatic nitrogens is 2. The van der Waals surface area contributed by atoms with Crippen molar-refractivity contribution in [1.29, 1.82) is 0 Å². The third-order valence-electron chi connectivity index (χ3n) is 4.88. The number of aliphatic imine (C=N–C) groups is 1. The lowest BCUT2D eigenvalue weighted by Crippen LogP contribution is -2.48. The second kappa shape index (κ2) is 10.0. The molecule has 3 N–H and O–H groups in total. The quantitative estimate of drug-likeness (QED) is 0.267. The van der Waals surface area contributed by atoms with E-state index < -0.39 is 5.97 Å². The molecule has 0 bridgehead atoms. The topological polar surface area (TPSA) is 120 Å². The molecule has 1 aliphatic rings. The number of nitrogens with zero attached hydrogens (tertiary/aromatic N) is 3. The van der Waals surface area contributed by atoms with E-state index in [1.54, 1.807) is 39.6 Å². The summed E-state index contributed by atoms with van der Waals surface area (Å²) in [5.41, 5.74) is 10.7. The molecule has 0 saturated heterocycles. The molecular formula is C22H24N6O5. The minimum Gasteiger partial charge on any atom is -0.497 e. The predicted octanol–water partition coefficient (Wildman–Crippen LogP) is 1.92. The van der Waals surface area contributed by atoms with Crippen molar-refractivity contribution < 1.29 is 23.8 Å². The second-order valence-corrected chi connectivity index (χ2v) is 6.81. The van der Waals surface area contributed by atoms with Crippen molar-refractivity contribution in [3.63, 3.8) is 0 Å². The first-order chi connectivity index (χ1) is 16.1. The number of methoxy groups -OCH3 is 2. The highest BCUT2D eigenvalue weighted by Gasteiger charge is 2.25.